The smallest absolute Gasteiger partial charge is 0.178 e. The zero-order valence-corrected chi connectivity index (χ0v) is 17.8. The maximum absolute atomic E-state index is 9.36. The summed E-state index contributed by atoms with van der Waals surface area (Å²) in [6.45, 7) is 3.84. The average molecular weight is 418 g/mol. The van der Waals surface area contributed by atoms with Crippen LogP contribution in [0.3, 0.4) is 0 Å². The normalized spacial score (nSPS) is 17.0. The summed E-state index contributed by atoms with van der Waals surface area (Å²) in [5, 5.41) is 18.7. The van der Waals surface area contributed by atoms with Gasteiger partial charge in [0, 0.05) is 18.7 Å². The Kier molecular flexibility index (Phi) is 7.49. The highest BCUT2D eigenvalue weighted by Gasteiger charge is 2.24. The zero-order chi connectivity index (χ0) is 21.5. The summed E-state index contributed by atoms with van der Waals surface area (Å²) >= 11 is 0. The van der Waals surface area contributed by atoms with Gasteiger partial charge >= 0.3 is 0 Å². The Morgan fingerprint density at radius 1 is 0.839 bits per heavy atom. The summed E-state index contributed by atoms with van der Waals surface area (Å²) in [6.07, 6.45) is 0.607. The summed E-state index contributed by atoms with van der Waals surface area (Å²) in [5.41, 5.74) is 4.07. The van der Waals surface area contributed by atoms with E-state index in [9.17, 15) is 10.2 Å². The zero-order valence-electron chi connectivity index (χ0n) is 17.8. The maximum atomic E-state index is 9.36. The van der Waals surface area contributed by atoms with Crippen LogP contribution in [0.5, 0.6) is 0 Å². The van der Waals surface area contributed by atoms with Crippen LogP contribution in [0.25, 0.3) is 0 Å². The molecule has 1 aliphatic rings. The molecule has 1 unspecified atom stereocenters. The molecule has 0 radical (unpaired) electrons. The minimum atomic E-state index is -1.41. The number of aliphatic hydroxyl groups is 2. The van der Waals surface area contributed by atoms with Gasteiger partial charge in [0.2, 0.25) is 0 Å². The number of aliphatic hydroxyl groups excluding tert-OH is 1. The Hall–Kier alpha value is -2.50. The van der Waals surface area contributed by atoms with Crippen molar-refractivity contribution in [3.63, 3.8) is 0 Å². The molecule has 31 heavy (non-hydrogen) atoms. The molecule has 2 N–H and O–H groups in total. The van der Waals surface area contributed by atoms with E-state index in [2.05, 4.69) is 53.4 Å². The van der Waals surface area contributed by atoms with E-state index in [1.165, 1.54) is 11.1 Å². The predicted octanol–water partition coefficient (Wildman–Crippen LogP) is 4.34. The summed E-state index contributed by atoms with van der Waals surface area (Å²) in [5.74, 6) is 0.528. The van der Waals surface area contributed by atoms with Gasteiger partial charge in [-0.3, -0.25) is 0 Å². The number of hydrogen-bond acceptors (Lipinski definition) is 4. The molecule has 0 amide bonds. The lowest BCUT2D eigenvalue weighted by Gasteiger charge is -2.22. The van der Waals surface area contributed by atoms with Gasteiger partial charge in [0.25, 0.3) is 0 Å². The van der Waals surface area contributed by atoms with E-state index >= 15 is 0 Å². The van der Waals surface area contributed by atoms with Gasteiger partial charge in [0.15, 0.2) is 6.29 Å². The molecule has 4 nitrogen and oxygen atoms in total. The topological polar surface area (TPSA) is 52.9 Å². The molecule has 1 fully saturated rings. The van der Waals surface area contributed by atoms with E-state index in [0.717, 1.165) is 44.6 Å². The Bertz CT molecular complexity index is 890. The summed E-state index contributed by atoms with van der Waals surface area (Å²) in [6, 6.07) is 28.4. The molecule has 4 heteroatoms. The van der Waals surface area contributed by atoms with Crippen LogP contribution in [0, 0.1) is 5.92 Å². The van der Waals surface area contributed by atoms with E-state index in [4.69, 9.17) is 4.74 Å². The van der Waals surface area contributed by atoms with Crippen LogP contribution in [0.4, 0.5) is 0 Å². The molecule has 1 aliphatic heterocycles. The monoisotopic (exact) mass is 417 g/mol. The standard InChI is InChI=1S/C27H31NO3/c29-27(30)25-13-7-8-21(18-25)14-16-28-17-15-22(19-28)20-31-26(23-9-3-1-4-10-23)24-11-5-2-6-12-24/h1-13,18,22,26-27,29-30H,14-17,19-20H2. The molecule has 1 atom stereocenters. The van der Waals surface area contributed by atoms with Crippen LogP contribution in [-0.2, 0) is 11.2 Å². The SMILES string of the molecule is OC(O)c1cccc(CCN2CCC(COC(c3ccccc3)c3ccccc3)C2)c1. The van der Waals surface area contributed by atoms with Crippen molar-refractivity contribution in [3.8, 4) is 0 Å². The van der Waals surface area contributed by atoms with E-state index < -0.39 is 6.29 Å². The highest BCUT2D eigenvalue weighted by atomic mass is 16.5. The van der Waals surface area contributed by atoms with Crippen LogP contribution >= 0.6 is 0 Å². The van der Waals surface area contributed by atoms with Gasteiger partial charge in [0.05, 0.1) is 6.61 Å². The van der Waals surface area contributed by atoms with Crippen LogP contribution < -0.4 is 0 Å². The van der Waals surface area contributed by atoms with Crippen LogP contribution in [0.2, 0.25) is 0 Å². The minimum Gasteiger partial charge on any atom is -0.368 e. The van der Waals surface area contributed by atoms with Crippen molar-refractivity contribution in [2.45, 2.75) is 25.2 Å². The highest BCUT2D eigenvalue weighted by Crippen LogP contribution is 2.28. The second-order valence-electron chi connectivity index (χ2n) is 8.36. The number of rotatable bonds is 9. The van der Waals surface area contributed by atoms with Crippen molar-refractivity contribution in [1.82, 2.24) is 4.90 Å². The molecule has 162 valence electrons. The fourth-order valence-corrected chi connectivity index (χ4v) is 4.32. The lowest BCUT2D eigenvalue weighted by atomic mass is 10.0. The quantitative estimate of drug-likeness (QED) is 0.509. The fourth-order valence-electron chi connectivity index (χ4n) is 4.32. The van der Waals surface area contributed by atoms with Gasteiger partial charge in [0.1, 0.15) is 6.10 Å². The first-order chi connectivity index (χ1) is 15.2. The minimum absolute atomic E-state index is 0.0379. The second kappa shape index (κ2) is 10.7. The van der Waals surface area contributed by atoms with Crippen molar-refractivity contribution < 1.29 is 14.9 Å². The van der Waals surface area contributed by atoms with E-state index in [1.54, 1.807) is 6.07 Å². The summed E-state index contributed by atoms with van der Waals surface area (Å²) in [4.78, 5) is 2.48. The van der Waals surface area contributed by atoms with Gasteiger partial charge in [-0.2, -0.15) is 0 Å². The van der Waals surface area contributed by atoms with Crippen LogP contribution in [-0.4, -0.2) is 41.4 Å². The van der Waals surface area contributed by atoms with Crippen molar-refractivity contribution >= 4 is 0 Å². The molecule has 0 aliphatic carbocycles. The summed E-state index contributed by atoms with van der Waals surface area (Å²) < 4.78 is 6.47. The van der Waals surface area contributed by atoms with Gasteiger partial charge in [-0.05, 0) is 42.0 Å². The summed E-state index contributed by atoms with van der Waals surface area (Å²) in [7, 11) is 0. The van der Waals surface area contributed by atoms with Crippen LogP contribution in [0.1, 0.15) is 41.1 Å². The van der Waals surface area contributed by atoms with Gasteiger partial charge in [-0.15, -0.1) is 0 Å². The highest BCUT2D eigenvalue weighted by molar-refractivity contribution is 5.30. The molecule has 3 aromatic rings. The van der Waals surface area contributed by atoms with E-state index in [1.807, 2.05) is 30.3 Å². The molecular formula is C27H31NO3. The largest absolute Gasteiger partial charge is 0.368 e. The maximum Gasteiger partial charge on any atom is 0.178 e. The Labute approximate surface area is 184 Å². The molecule has 3 aromatic carbocycles. The average Bonchev–Trinajstić information content (AvgIpc) is 3.27. The van der Waals surface area contributed by atoms with Crippen molar-refractivity contribution in [2.24, 2.45) is 5.92 Å². The molecule has 1 saturated heterocycles. The third kappa shape index (κ3) is 6.02. The molecular weight excluding hydrogens is 386 g/mol. The Morgan fingerprint density at radius 2 is 1.48 bits per heavy atom. The lowest BCUT2D eigenvalue weighted by Crippen LogP contribution is -2.24. The first kappa shape index (κ1) is 21.7. The number of likely N-dealkylation sites (tertiary alicyclic amines) is 1. The first-order valence-electron chi connectivity index (χ1n) is 11.1. The molecule has 0 aromatic heterocycles. The predicted molar refractivity (Wildman–Crippen MR) is 123 cm³/mol. The molecule has 0 saturated carbocycles. The number of nitrogens with zero attached hydrogens (tertiary/aromatic N) is 1. The second-order valence-corrected chi connectivity index (χ2v) is 8.36. The number of ether oxygens (including phenoxy) is 1. The molecule has 0 spiro atoms. The van der Waals surface area contributed by atoms with Gasteiger partial charge in [-0.25, -0.2) is 0 Å². The fraction of sp³-hybridized carbons (Fsp3) is 0.333. The first-order valence-corrected chi connectivity index (χ1v) is 11.1. The Balaban J connectivity index is 1.30. The van der Waals surface area contributed by atoms with Gasteiger partial charge in [-0.1, -0.05) is 84.9 Å². The van der Waals surface area contributed by atoms with E-state index in [-0.39, 0.29) is 6.10 Å². The van der Waals surface area contributed by atoms with E-state index in [0.29, 0.717) is 11.5 Å². The third-order valence-electron chi connectivity index (χ3n) is 6.04. The van der Waals surface area contributed by atoms with Crippen molar-refractivity contribution in [3.05, 3.63) is 107 Å². The number of hydrogen-bond donors (Lipinski definition) is 2. The number of benzene rings is 3. The molecule has 0 bridgehead atoms. The lowest BCUT2D eigenvalue weighted by molar-refractivity contribution is -0.0425. The van der Waals surface area contributed by atoms with Crippen molar-refractivity contribution in [1.29, 1.82) is 0 Å². The molecule has 4 rings (SSSR count). The van der Waals surface area contributed by atoms with Crippen molar-refractivity contribution in [2.75, 3.05) is 26.2 Å². The molecule has 1 heterocycles. The van der Waals surface area contributed by atoms with Gasteiger partial charge < -0.3 is 19.8 Å². The Morgan fingerprint density at radius 3 is 2.13 bits per heavy atom. The van der Waals surface area contributed by atoms with Crippen LogP contribution in [0.15, 0.2) is 84.9 Å². The third-order valence-corrected chi connectivity index (χ3v) is 6.04.